The zero-order valence-electron chi connectivity index (χ0n) is 13.8. The monoisotopic (exact) mass is 325 g/mol. The van der Waals surface area contributed by atoms with Crippen molar-refractivity contribution < 1.29 is 4.79 Å². The number of carbonyl (C=O) groups is 1. The highest BCUT2D eigenvalue weighted by Gasteiger charge is 2.26. The minimum absolute atomic E-state index is 0.0708. The summed E-state index contributed by atoms with van der Waals surface area (Å²) in [7, 11) is 0. The van der Waals surface area contributed by atoms with Gasteiger partial charge in [0.15, 0.2) is 0 Å². The number of amides is 1. The van der Waals surface area contributed by atoms with Crippen LogP contribution in [0.15, 0.2) is 35.1 Å². The second-order valence-electron chi connectivity index (χ2n) is 7.02. The first-order valence-electron chi connectivity index (χ1n) is 8.85. The van der Waals surface area contributed by atoms with Crippen LogP contribution in [0, 0.1) is 5.92 Å². The molecule has 1 aromatic heterocycles. The van der Waals surface area contributed by atoms with Gasteiger partial charge < -0.3 is 15.2 Å². The third kappa shape index (κ3) is 3.22. The van der Waals surface area contributed by atoms with Gasteiger partial charge in [0.2, 0.25) is 0 Å². The maximum atomic E-state index is 12.7. The number of nitrogens with one attached hydrogen (secondary N) is 2. The number of aromatic nitrogens is 1. The molecule has 2 fully saturated rings. The van der Waals surface area contributed by atoms with Gasteiger partial charge in [-0.25, -0.2) is 0 Å². The zero-order chi connectivity index (χ0) is 16.5. The van der Waals surface area contributed by atoms with Crippen LogP contribution in [0.5, 0.6) is 0 Å². The lowest BCUT2D eigenvalue weighted by Crippen LogP contribution is -2.45. The number of fused-ring (bicyclic) bond motifs is 1. The van der Waals surface area contributed by atoms with Gasteiger partial charge >= 0.3 is 0 Å². The number of likely N-dealkylation sites (tertiary alicyclic amines) is 1. The Bertz CT molecular complexity index is 802. The van der Waals surface area contributed by atoms with E-state index in [1.807, 2.05) is 23.1 Å². The number of rotatable bonds is 4. The molecule has 0 atom stereocenters. The fourth-order valence-corrected chi connectivity index (χ4v) is 3.44. The Kier molecular flexibility index (Phi) is 4.10. The van der Waals surface area contributed by atoms with Crippen LogP contribution in [0.1, 0.15) is 36.2 Å². The molecule has 0 unspecified atom stereocenters. The summed E-state index contributed by atoms with van der Waals surface area (Å²) in [6, 6.07) is 9.67. The van der Waals surface area contributed by atoms with Crippen LogP contribution in [-0.2, 0) is 0 Å². The summed E-state index contributed by atoms with van der Waals surface area (Å²) < 4.78 is 0. The summed E-state index contributed by atoms with van der Waals surface area (Å²) in [6.45, 7) is 2.61. The Morgan fingerprint density at radius 3 is 2.67 bits per heavy atom. The topological polar surface area (TPSA) is 65.2 Å². The number of H-pyrrole nitrogens is 1. The molecule has 0 spiro atoms. The standard InChI is InChI=1S/C19H23N3O2/c23-18-16-4-2-1-3-14(16)11-17(21-18)19(24)22-9-7-15(8-10-22)20-12-13-5-6-13/h1-4,11,13,15,20H,5-10,12H2,(H,21,23). The third-order valence-electron chi connectivity index (χ3n) is 5.16. The predicted octanol–water partition coefficient (Wildman–Crippen LogP) is 2.13. The average Bonchev–Trinajstić information content (AvgIpc) is 3.44. The molecule has 2 aliphatic rings. The van der Waals surface area contributed by atoms with Crippen molar-refractivity contribution in [3.8, 4) is 0 Å². The second-order valence-corrected chi connectivity index (χ2v) is 7.02. The molecule has 2 N–H and O–H groups in total. The summed E-state index contributed by atoms with van der Waals surface area (Å²) in [5.74, 6) is 0.811. The van der Waals surface area contributed by atoms with Crippen LogP contribution in [0.3, 0.4) is 0 Å². The first-order valence-corrected chi connectivity index (χ1v) is 8.85. The van der Waals surface area contributed by atoms with E-state index in [4.69, 9.17) is 0 Å². The number of benzene rings is 1. The zero-order valence-corrected chi connectivity index (χ0v) is 13.8. The summed E-state index contributed by atoms with van der Waals surface area (Å²) in [4.78, 5) is 29.5. The van der Waals surface area contributed by atoms with E-state index >= 15 is 0 Å². The van der Waals surface area contributed by atoms with Gasteiger partial charge in [0.25, 0.3) is 11.5 Å². The molecule has 2 heterocycles. The van der Waals surface area contributed by atoms with E-state index in [0.717, 1.165) is 43.8 Å². The number of pyridine rings is 1. The number of carbonyl (C=O) groups excluding carboxylic acids is 1. The Morgan fingerprint density at radius 2 is 1.92 bits per heavy atom. The molecule has 0 bridgehead atoms. The van der Waals surface area contributed by atoms with Crippen LogP contribution < -0.4 is 10.9 Å². The number of hydrogen-bond donors (Lipinski definition) is 2. The Balaban J connectivity index is 1.43. The SMILES string of the molecule is O=C(c1cc2ccccc2c(=O)[nH]1)N1CCC(NCC2CC2)CC1. The minimum Gasteiger partial charge on any atom is -0.337 e. The summed E-state index contributed by atoms with van der Waals surface area (Å²) >= 11 is 0. The van der Waals surface area contributed by atoms with Crippen LogP contribution in [0.25, 0.3) is 10.8 Å². The van der Waals surface area contributed by atoms with E-state index < -0.39 is 0 Å². The number of piperidine rings is 1. The van der Waals surface area contributed by atoms with Crippen molar-refractivity contribution >= 4 is 16.7 Å². The summed E-state index contributed by atoms with van der Waals surface area (Å²) in [6.07, 6.45) is 4.69. The summed E-state index contributed by atoms with van der Waals surface area (Å²) in [5, 5.41) is 5.05. The Morgan fingerprint density at radius 1 is 1.17 bits per heavy atom. The first-order chi connectivity index (χ1) is 11.7. The van der Waals surface area contributed by atoms with E-state index in [1.54, 1.807) is 12.1 Å². The molecule has 1 aliphatic heterocycles. The van der Waals surface area contributed by atoms with Gasteiger partial charge in [0.05, 0.1) is 0 Å². The van der Waals surface area contributed by atoms with Crippen molar-refractivity contribution in [1.82, 2.24) is 15.2 Å². The van der Waals surface area contributed by atoms with E-state index in [1.165, 1.54) is 12.8 Å². The van der Waals surface area contributed by atoms with Gasteiger partial charge in [-0.15, -0.1) is 0 Å². The van der Waals surface area contributed by atoms with Crippen molar-refractivity contribution in [3.63, 3.8) is 0 Å². The number of hydrogen-bond acceptors (Lipinski definition) is 3. The molecular weight excluding hydrogens is 302 g/mol. The largest absolute Gasteiger partial charge is 0.337 e. The number of aromatic amines is 1. The van der Waals surface area contributed by atoms with Crippen LogP contribution >= 0.6 is 0 Å². The Hall–Kier alpha value is -2.14. The second kappa shape index (κ2) is 6.40. The van der Waals surface area contributed by atoms with Crippen molar-refractivity contribution in [2.45, 2.75) is 31.7 Å². The van der Waals surface area contributed by atoms with Crippen LogP contribution in [0.4, 0.5) is 0 Å². The van der Waals surface area contributed by atoms with E-state index in [9.17, 15) is 9.59 Å². The summed E-state index contributed by atoms with van der Waals surface area (Å²) in [5.41, 5.74) is 0.195. The predicted molar refractivity (Wildman–Crippen MR) is 94.2 cm³/mol. The highest BCUT2D eigenvalue weighted by atomic mass is 16.2. The van der Waals surface area contributed by atoms with Gasteiger partial charge in [0, 0.05) is 24.5 Å². The maximum absolute atomic E-state index is 12.7. The number of nitrogens with zero attached hydrogens (tertiary/aromatic N) is 1. The van der Waals surface area contributed by atoms with Crippen molar-refractivity contribution in [1.29, 1.82) is 0 Å². The Labute approximate surface area is 141 Å². The van der Waals surface area contributed by atoms with Crippen LogP contribution in [-0.4, -0.2) is 41.5 Å². The van der Waals surface area contributed by atoms with Gasteiger partial charge in [-0.2, -0.15) is 0 Å². The first kappa shape index (κ1) is 15.4. The van der Waals surface area contributed by atoms with Crippen LogP contribution in [0.2, 0.25) is 0 Å². The molecule has 5 nitrogen and oxygen atoms in total. The fourth-order valence-electron chi connectivity index (χ4n) is 3.44. The molecule has 4 rings (SSSR count). The lowest BCUT2D eigenvalue weighted by Gasteiger charge is -2.32. The van der Waals surface area contributed by atoms with Gasteiger partial charge in [-0.3, -0.25) is 9.59 Å². The molecule has 5 heteroatoms. The highest BCUT2D eigenvalue weighted by Crippen LogP contribution is 2.28. The minimum atomic E-state index is -0.197. The van der Waals surface area contributed by atoms with E-state index in [2.05, 4.69) is 10.3 Å². The van der Waals surface area contributed by atoms with Crippen molar-refractivity contribution in [3.05, 3.63) is 46.4 Å². The quantitative estimate of drug-likeness (QED) is 0.905. The molecule has 1 saturated carbocycles. The molecule has 0 radical (unpaired) electrons. The molecule has 1 saturated heterocycles. The van der Waals surface area contributed by atoms with Gasteiger partial charge in [0.1, 0.15) is 5.69 Å². The molecule has 1 aromatic carbocycles. The van der Waals surface area contributed by atoms with Gasteiger partial charge in [-0.05, 0) is 55.7 Å². The molecule has 126 valence electrons. The van der Waals surface area contributed by atoms with Gasteiger partial charge in [-0.1, -0.05) is 18.2 Å². The molecule has 2 aromatic rings. The smallest absolute Gasteiger partial charge is 0.270 e. The lowest BCUT2D eigenvalue weighted by atomic mass is 10.0. The fraction of sp³-hybridized carbons (Fsp3) is 0.474. The normalized spacial score (nSPS) is 18.9. The van der Waals surface area contributed by atoms with Crippen molar-refractivity contribution in [2.75, 3.05) is 19.6 Å². The maximum Gasteiger partial charge on any atom is 0.270 e. The average molecular weight is 325 g/mol. The molecular formula is C19H23N3O2. The van der Waals surface area contributed by atoms with E-state index in [-0.39, 0.29) is 11.5 Å². The molecule has 1 aliphatic carbocycles. The van der Waals surface area contributed by atoms with E-state index in [0.29, 0.717) is 17.1 Å². The molecule has 24 heavy (non-hydrogen) atoms. The highest BCUT2D eigenvalue weighted by molar-refractivity contribution is 5.96. The third-order valence-corrected chi connectivity index (χ3v) is 5.16. The molecule has 1 amide bonds. The van der Waals surface area contributed by atoms with Crippen molar-refractivity contribution in [2.24, 2.45) is 5.92 Å². The lowest BCUT2D eigenvalue weighted by molar-refractivity contribution is 0.0699.